The first-order valence-electron chi connectivity index (χ1n) is 6.91. The van der Waals surface area contributed by atoms with E-state index in [1.165, 1.54) is 6.92 Å². The molecule has 0 unspecified atom stereocenters. The SMILES string of the molecule is CC(=O)Nc1cccc(CNC(C)(C)c2nc(C)cs2)c1. The van der Waals surface area contributed by atoms with Gasteiger partial charge in [-0.25, -0.2) is 4.98 Å². The minimum Gasteiger partial charge on any atom is -0.326 e. The van der Waals surface area contributed by atoms with Crippen molar-refractivity contribution >= 4 is 22.9 Å². The van der Waals surface area contributed by atoms with E-state index in [1.807, 2.05) is 31.2 Å². The summed E-state index contributed by atoms with van der Waals surface area (Å²) < 4.78 is 0. The monoisotopic (exact) mass is 303 g/mol. The molecular formula is C16H21N3OS. The van der Waals surface area contributed by atoms with Crippen molar-refractivity contribution < 1.29 is 4.79 Å². The smallest absolute Gasteiger partial charge is 0.221 e. The second-order valence-corrected chi connectivity index (χ2v) is 6.51. The van der Waals surface area contributed by atoms with Gasteiger partial charge in [0.15, 0.2) is 0 Å². The van der Waals surface area contributed by atoms with Crippen LogP contribution in [-0.2, 0) is 16.9 Å². The number of benzene rings is 1. The van der Waals surface area contributed by atoms with Crippen LogP contribution in [0.15, 0.2) is 29.6 Å². The van der Waals surface area contributed by atoms with Gasteiger partial charge in [0.05, 0.1) is 5.54 Å². The van der Waals surface area contributed by atoms with E-state index in [9.17, 15) is 4.79 Å². The Balaban J connectivity index is 2.03. The van der Waals surface area contributed by atoms with Crippen molar-refractivity contribution in [3.05, 3.63) is 45.9 Å². The van der Waals surface area contributed by atoms with Crippen LogP contribution in [0.4, 0.5) is 5.69 Å². The lowest BCUT2D eigenvalue weighted by Gasteiger charge is -2.24. The third kappa shape index (κ3) is 4.37. The van der Waals surface area contributed by atoms with Crippen LogP contribution in [0.25, 0.3) is 0 Å². The summed E-state index contributed by atoms with van der Waals surface area (Å²) in [4.78, 5) is 15.6. The van der Waals surface area contributed by atoms with Crippen molar-refractivity contribution in [1.82, 2.24) is 10.3 Å². The van der Waals surface area contributed by atoms with Crippen LogP contribution in [0, 0.1) is 6.92 Å². The highest BCUT2D eigenvalue weighted by atomic mass is 32.1. The van der Waals surface area contributed by atoms with Crippen molar-refractivity contribution in [3.8, 4) is 0 Å². The first-order chi connectivity index (χ1) is 9.87. The predicted octanol–water partition coefficient (Wildman–Crippen LogP) is 3.43. The Labute approximate surface area is 129 Å². The molecule has 2 rings (SSSR count). The maximum atomic E-state index is 11.1. The van der Waals surface area contributed by atoms with Crippen LogP contribution < -0.4 is 10.6 Å². The molecule has 112 valence electrons. The van der Waals surface area contributed by atoms with E-state index in [0.29, 0.717) is 0 Å². The average Bonchev–Trinajstić information content (AvgIpc) is 2.84. The molecule has 1 aromatic carbocycles. The normalized spacial score (nSPS) is 11.4. The molecular weight excluding hydrogens is 282 g/mol. The fraction of sp³-hybridized carbons (Fsp3) is 0.375. The maximum Gasteiger partial charge on any atom is 0.221 e. The molecule has 1 aromatic heterocycles. The Morgan fingerprint density at radius 3 is 2.76 bits per heavy atom. The zero-order chi connectivity index (χ0) is 15.5. The van der Waals surface area contributed by atoms with E-state index in [1.54, 1.807) is 11.3 Å². The number of nitrogens with one attached hydrogen (secondary N) is 2. The van der Waals surface area contributed by atoms with Gasteiger partial charge in [0.2, 0.25) is 5.91 Å². The third-order valence-electron chi connectivity index (χ3n) is 3.14. The van der Waals surface area contributed by atoms with E-state index in [-0.39, 0.29) is 11.4 Å². The third-order valence-corrected chi connectivity index (χ3v) is 4.42. The summed E-state index contributed by atoms with van der Waals surface area (Å²) in [6.45, 7) is 8.50. The Morgan fingerprint density at radius 1 is 1.38 bits per heavy atom. The van der Waals surface area contributed by atoms with Crippen molar-refractivity contribution in [2.75, 3.05) is 5.32 Å². The van der Waals surface area contributed by atoms with E-state index in [2.05, 4.69) is 34.8 Å². The Morgan fingerprint density at radius 2 is 2.14 bits per heavy atom. The average molecular weight is 303 g/mol. The number of rotatable bonds is 5. The van der Waals surface area contributed by atoms with Crippen LogP contribution >= 0.6 is 11.3 Å². The number of aryl methyl sites for hydroxylation is 1. The number of thiazole rings is 1. The van der Waals surface area contributed by atoms with Crippen LogP contribution in [-0.4, -0.2) is 10.9 Å². The molecule has 0 atom stereocenters. The summed E-state index contributed by atoms with van der Waals surface area (Å²) in [5, 5.41) is 9.47. The summed E-state index contributed by atoms with van der Waals surface area (Å²) in [5.41, 5.74) is 2.83. The summed E-state index contributed by atoms with van der Waals surface area (Å²) in [5.74, 6) is -0.0568. The zero-order valence-electron chi connectivity index (χ0n) is 12.9. The van der Waals surface area contributed by atoms with Gasteiger partial charge in [0, 0.05) is 30.2 Å². The number of amides is 1. The number of aromatic nitrogens is 1. The van der Waals surface area contributed by atoms with E-state index < -0.39 is 0 Å². The first-order valence-corrected chi connectivity index (χ1v) is 7.79. The van der Waals surface area contributed by atoms with Crippen LogP contribution in [0.2, 0.25) is 0 Å². The molecule has 0 saturated heterocycles. The molecule has 0 radical (unpaired) electrons. The van der Waals surface area contributed by atoms with Gasteiger partial charge in [0.1, 0.15) is 5.01 Å². The predicted molar refractivity (Wildman–Crippen MR) is 87.5 cm³/mol. The van der Waals surface area contributed by atoms with Crippen LogP contribution in [0.5, 0.6) is 0 Å². The van der Waals surface area contributed by atoms with Crippen LogP contribution in [0.1, 0.15) is 37.0 Å². The minimum absolute atomic E-state index is 0.0568. The molecule has 1 amide bonds. The summed E-state index contributed by atoms with van der Waals surface area (Å²) in [7, 11) is 0. The van der Waals surface area contributed by atoms with Crippen molar-refractivity contribution in [2.24, 2.45) is 0 Å². The molecule has 2 N–H and O–H groups in total. The molecule has 0 bridgehead atoms. The lowest BCUT2D eigenvalue weighted by molar-refractivity contribution is -0.114. The quantitative estimate of drug-likeness (QED) is 0.889. The summed E-state index contributed by atoms with van der Waals surface area (Å²) in [6.07, 6.45) is 0. The number of anilines is 1. The molecule has 0 aliphatic rings. The molecule has 5 heteroatoms. The van der Waals surface area contributed by atoms with Gasteiger partial charge in [-0.2, -0.15) is 0 Å². The second-order valence-electron chi connectivity index (χ2n) is 5.65. The molecule has 1 heterocycles. The van der Waals surface area contributed by atoms with Crippen molar-refractivity contribution in [2.45, 2.75) is 39.8 Å². The van der Waals surface area contributed by atoms with Gasteiger partial charge < -0.3 is 10.6 Å². The lowest BCUT2D eigenvalue weighted by atomic mass is 10.1. The molecule has 0 aliphatic carbocycles. The van der Waals surface area contributed by atoms with Crippen LogP contribution in [0.3, 0.4) is 0 Å². The minimum atomic E-state index is -0.178. The summed E-state index contributed by atoms with van der Waals surface area (Å²) >= 11 is 1.67. The Hall–Kier alpha value is -1.72. The van der Waals surface area contributed by atoms with E-state index >= 15 is 0 Å². The molecule has 4 nitrogen and oxygen atoms in total. The highest BCUT2D eigenvalue weighted by Crippen LogP contribution is 2.24. The Bertz CT molecular complexity index is 634. The highest BCUT2D eigenvalue weighted by Gasteiger charge is 2.23. The number of hydrogen-bond acceptors (Lipinski definition) is 4. The molecule has 0 aliphatic heterocycles. The molecule has 21 heavy (non-hydrogen) atoms. The molecule has 2 aromatic rings. The fourth-order valence-electron chi connectivity index (χ4n) is 2.00. The van der Waals surface area contributed by atoms with Gasteiger partial charge in [-0.1, -0.05) is 12.1 Å². The highest BCUT2D eigenvalue weighted by molar-refractivity contribution is 7.09. The van der Waals surface area contributed by atoms with Gasteiger partial charge >= 0.3 is 0 Å². The zero-order valence-corrected chi connectivity index (χ0v) is 13.7. The largest absolute Gasteiger partial charge is 0.326 e. The van der Waals surface area contributed by atoms with E-state index in [4.69, 9.17) is 0 Å². The molecule has 0 fully saturated rings. The van der Waals surface area contributed by atoms with Gasteiger partial charge in [-0.05, 0) is 38.5 Å². The molecule has 0 spiro atoms. The maximum absolute atomic E-state index is 11.1. The first kappa shape index (κ1) is 15.7. The number of nitrogens with zero attached hydrogens (tertiary/aromatic N) is 1. The number of carbonyl (C=O) groups is 1. The van der Waals surface area contributed by atoms with Gasteiger partial charge in [-0.3, -0.25) is 4.79 Å². The topological polar surface area (TPSA) is 54.0 Å². The Kier molecular flexibility index (Phi) is 4.75. The molecule has 0 saturated carbocycles. The lowest BCUT2D eigenvalue weighted by Crippen LogP contribution is -2.35. The number of carbonyl (C=O) groups excluding carboxylic acids is 1. The summed E-state index contributed by atoms with van der Waals surface area (Å²) in [6, 6.07) is 7.86. The second kappa shape index (κ2) is 6.37. The van der Waals surface area contributed by atoms with Crippen molar-refractivity contribution in [1.29, 1.82) is 0 Å². The van der Waals surface area contributed by atoms with Gasteiger partial charge in [-0.15, -0.1) is 11.3 Å². The standard InChI is InChI=1S/C16H21N3OS/c1-11-10-21-15(18-11)16(3,4)17-9-13-6-5-7-14(8-13)19-12(2)20/h5-8,10,17H,9H2,1-4H3,(H,19,20). The number of hydrogen-bond donors (Lipinski definition) is 2. The van der Waals surface area contributed by atoms with Gasteiger partial charge in [0.25, 0.3) is 0 Å². The van der Waals surface area contributed by atoms with Crippen molar-refractivity contribution in [3.63, 3.8) is 0 Å². The van der Waals surface area contributed by atoms with E-state index in [0.717, 1.165) is 28.5 Å². The fourth-order valence-corrected chi connectivity index (χ4v) is 2.90.